The highest BCUT2D eigenvalue weighted by Gasteiger charge is 2.53. The van der Waals surface area contributed by atoms with Crippen molar-refractivity contribution in [2.75, 3.05) is 18.0 Å². The van der Waals surface area contributed by atoms with E-state index >= 15 is 0 Å². The Morgan fingerprint density at radius 3 is 2.43 bits per heavy atom. The van der Waals surface area contributed by atoms with E-state index in [1.807, 2.05) is 0 Å². The van der Waals surface area contributed by atoms with Crippen LogP contribution in [0.5, 0.6) is 0 Å². The van der Waals surface area contributed by atoms with Crippen LogP contribution in [0, 0.1) is 5.41 Å². The zero-order valence-electron chi connectivity index (χ0n) is 24.8. The molecule has 1 aliphatic carbocycles. The van der Waals surface area contributed by atoms with Crippen LogP contribution in [0.25, 0.3) is 10.8 Å². The van der Waals surface area contributed by atoms with E-state index in [-0.39, 0.29) is 35.8 Å². The molecule has 2 radical (unpaired) electrons. The summed E-state index contributed by atoms with van der Waals surface area (Å²) in [5.41, 5.74) is -2.92. The number of likely N-dealkylation sites (tertiary alicyclic amines) is 1. The highest BCUT2D eigenvalue weighted by atomic mass is 16.3. The predicted molar refractivity (Wildman–Crippen MR) is 160 cm³/mol. The van der Waals surface area contributed by atoms with Crippen LogP contribution in [0.1, 0.15) is 86.3 Å². The molecular weight excluding hydrogens is 563 g/mol. The van der Waals surface area contributed by atoms with E-state index in [9.17, 15) is 29.4 Å². The zero-order valence-corrected chi connectivity index (χ0v) is 24.8. The second-order valence-corrected chi connectivity index (χ2v) is 12.9. The maximum atomic E-state index is 13.4. The molecule has 1 aromatic carbocycles. The monoisotopic (exact) mass is 598 g/mol. The second kappa shape index (κ2) is 10.8. The number of amides is 4. The molecule has 1 saturated carbocycles. The number of aromatic nitrogens is 3. The number of rotatable bonds is 5. The van der Waals surface area contributed by atoms with Crippen molar-refractivity contribution in [3.05, 3.63) is 53.5 Å². The van der Waals surface area contributed by atoms with Crippen molar-refractivity contribution in [3.8, 4) is 0 Å². The molecule has 4 amide bonds. The van der Waals surface area contributed by atoms with Gasteiger partial charge >= 0.3 is 0 Å². The summed E-state index contributed by atoms with van der Waals surface area (Å²) in [6.45, 7) is 5.88. The summed E-state index contributed by atoms with van der Waals surface area (Å²) in [6.07, 6.45) is 10.6. The van der Waals surface area contributed by atoms with E-state index in [1.54, 1.807) is 27.9 Å². The minimum Gasteiger partial charge on any atom is -0.390 e. The number of hydrogen-bond acceptors (Lipinski definition) is 8. The number of nitrogens with one attached hydrogen (secondary N) is 1. The second-order valence-electron chi connectivity index (χ2n) is 12.9. The van der Waals surface area contributed by atoms with E-state index in [4.69, 9.17) is 7.85 Å². The molecule has 5 heterocycles. The Hall–Kier alpha value is -4.10. The van der Waals surface area contributed by atoms with Crippen molar-refractivity contribution >= 4 is 48.6 Å². The number of carbonyl (C=O) groups excluding carboxylic acids is 4. The zero-order chi connectivity index (χ0) is 31.4. The minimum atomic E-state index is -2.30. The molecule has 7 rings (SSSR count). The lowest BCUT2D eigenvalue weighted by atomic mass is 9.71. The van der Waals surface area contributed by atoms with Gasteiger partial charge in [-0.3, -0.25) is 34.1 Å². The van der Waals surface area contributed by atoms with Crippen LogP contribution in [0.4, 0.5) is 5.82 Å². The summed E-state index contributed by atoms with van der Waals surface area (Å²) in [7, 11) is 6.47. The smallest absolute Gasteiger partial charge is 0.280 e. The number of hydrogen-bond donors (Lipinski definition) is 3. The number of aliphatic hydroxyl groups is 2. The van der Waals surface area contributed by atoms with Gasteiger partial charge in [0.2, 0.25) is 18.0 Å². The van der Waals surface area contributed by atoms with Crippen LogP contribution in [0.15, 0.2) is 36.8 Å². The van der Waals surface area contributed by atoms with Crippen molar-refractivity contribution in [2.45, 2.75) is 76.1 Å². The minimum absolute atomic E-state index is 0.0322. The van der Waals surface area contributed by atoms with Crippen LogP contribution in [-0.2, 0) is 19.9 Å². The molecule has 13 heteroatoms. The Balaban J connectivity index is 0.000000513. The van der Waals surface area contributed by atoms with E-state index < -0.39 is 28.9 Å². The van der Waals surface area contributed by atoms with Crippen LogP contribution >= 0.6 is 0 Å². The van der Waals surface area contributed by atoms with Crippen LogP contribution in [-0.4, -0.2) is 80.7 Å². The van der Waals surface area contributed by atoms with Gasteiger partial charge in [0.1, 0.15) is 13.7 Å². The molecule has 44 heavy (non-hydrogen) atoms. The summed E-state index contributed by atoms with van der Waals surface area (Å²) >= 11 is 0. The average molecular weight is 598 g/mol. The number of piperidine rings is 2. The first-order valence-corrected chi connectivity index (χ1v) is 14.9. The highest BCUT2D eigenvalue weighted by molar-refractivity contribution is 6.28. The van der Waals surface area contributed by atoms with Gasteiger partial charge in [-0.1, -0.05) is 32.4 Å². The van der Waals surface area contributed by atoms with Crippen molar-refractivity contribution < 1.29 is 29.4 Å². The number of benzene rings is 1. The molecular formula is C31H35BN6O6. The maximum Gasteiger partial charge on any atom is 0.280 e. The Morgan fingerprint density at radius 2 is 1.82 bits per heavy atom. The number of carbonyl (C=O) groups is 4. The maximum absolute atomic E-state index is 13.4. The van der Waals surface area contributed by atoms with E-state index in [0.29, 0.717) is 42.3 Å². The van der Waals surface area contributed by atoms with E-state index in [0.717, 1.165) is 16.7 Å². The fourth-order valence-corrected chi connectivity index (χ4v) is 6.42. The molecule has 228 valence electrons. The van der Waals surface area contributed by atoms with Gasteiger partial charge in [0, 0.05) is 54.8 Å². The van der Waals surface area contributed by atoms with Crippen LogP contribution in [0.3, 0.4) is 0 Å². The van der Waals surface area contributed by atoms with Gasteiger partial charge < -0.3 is 15.1 Å². The van der Waals surface area contributed by atoms with Gasteiger partial charge in [0.05, 0.1) is 23.3 Å². The summed E-state index contributed by atoms with van der Waals surface area (Å²) in [5, 5.41) is 30.0. The molecule has 3 N–H and O–H groups in total. The van der Waals surface area contributed by atoms with Crippen LogP contribution in [0.2, 0.25) is 0 Å². The predicted octanol–water partition coefficient (Wildman–Crippen LogP) is 1.87. The summed E-state index contributed by atoms with van der Waals surface area (Å²) in [4.78, 5) is 55.6. The third kappa shape index (κ3) is 4.97. The average Bonchev–Trinajstić information content (AvgIpc) is 3.60. The summed E-state index contributed by atoms with van der Waals surface area (Å²) in [5.74, 6) is -2.17. The van der Waals surface area contributed by atoms with Gasteiger partial charge in [-0.2, -0.15) is 5.10 Å². The first-order valence-electron chi connectivity index (χ1n) is 14.9. The molecule has 3 fully saturated rings. The van der Waals surface area contributed by atoms with Crippen molar-refractivity contribution in [1.82, 2.24) is 25.0 Å². The van der Waals surface area contributed by atoms with Crippen molar-refractivity contribution in [2.24, 2.45) is 5.41 Å². The molecule has 3 aromatic rings. The van der Waals surface area contributed by atoms with Crippen molar-refractivity contribution in [1.29, 1.82) is 0 Å². The lowest BCUT2D eigenvalue weighted by Gasteiger charge is -2.37. The SMILES string of the molecule is CC1(C)CCC1.[B]C(O)(c1cnn(C2CCN(C=O)CC2)c1)c1cnc2c3c(cccc13)C(=O)N2C1(O)CCC(=O)NC1=O. The van der Waals surface area contributed by atoms with E-state index in [1.165, 1.54) is 37.7 Å². The fraction of sp³-hybridized carbons (Fsp3) is 0.484. The van der Waals surface area contributed by atoms with Gasteiger partial charge in [-0.25, -0.2) is 4.98 Å². The van der Waals surface area contributed by atoms with Crippen LogP contribution < -0.4 is 10.2 Å². The molecule has 0 spiro atoms. The van der Waals surface area contributed by atoms with E-state index in [2.05, 4.69) is 29.2 Å². The first kappa shape index (κ1) is 30.0. The molecule has 2 atom stereocenters. The summed E-state index contributed by atoms with van der Waals surface area (Å²) < 4.78 is 1.73. The largest absolute Gasteiger partial charge is 0.390 e. The molecule has 4 aliphatic rings. The summed E-state index contributed by atoms with van der Waals surface area (Å²) in [6, 6.07) is 4.86. The molecule has 2 saturated heterocycles. The Labute approximate surface area is 255 Å². The lowest BCUT2D eigenvalue weighted by Crippen LogP contribution is -2.64. The Bertz CT molecular complexity index is 1660. The highest BCUT2D eigenvalue weighted by Crippen LogP contribution is 2.44. The molecule has 0 bridgehead atoms. The standard InChI is InChI=1S/C25H23BN6O6.C6H12/c26-25(38,14-10-28-31(12-14)15-5-8-30(13-33)9-6-15)18-11-27-21-20-16(18)2-1-3-17(20)22(35)32(21)24(37)7-4-19(34)29-23(24)36;1-6(2)4-3-5-6/h1-3,10-13,15,37-38H,4-9H2,(H,29,34,36);3-5H2,1-2H3. The third-order valence-electron chi connectivity index (χ3n) is 9.41. The number of anilines is 1. The van der Waals surface area contributed by atoms with Gasteiger partial charge in [-0.15, -0.1) is 0 Å². The number of pyridine rings is 1. The first-order chi connectivity index (χ1) is 20.9. The topological polar surface area (TPSA) is 158 Å². The van der Waals surface area contributed by atoms with Gasteiger partial charge in [0.15, 0.2) is 0 Å². The molecule has 12 nitrogen and oxygen atoms in total. The number of imide groups is 1. The Morgan fingerprint density at radius 1 is 1.11 bits per heavy atom. The Kier molecular flexibility index (Phi) is 7.36. The molecule has 3 aliphatic heterocycles. The lowest BCUT2D eigenvalue weighted by molar-refractivity contribution is -0.149. The molecule has 2 aromatic heterocycles. The molecule has 2 unspecified atom stereocenters. The normalized spacial score (nSPS) is 24.3. The number of nitrogens with zero attached hydrogens (tertiary/aromatic N) is 5. The van der Waals surface area contributed by atoms with Gasteiger partial charge in [-0.05, 0) is 42.6 Å². The quantitative estimate of drug-likeness (QED) is 0.228. The fourth-order valence-electron chi connectivity index (χ4n) is 6.42. The third-order valence-corrected chi connectivity index (χ3v) is 9.41. The van der Waals surface area contributed by atoms with Crippen molar-refractivity contribution in [3.63, 3.8) is 0 Å². The van der Waals surface area contributed by atoms with Gasteiger partial charge in [0.25, 0.3) is 11.8 Å².